The van der Waals surface area contributed by atoms with Crippen molar-refractivity contribution in [3.05, 3.63) is 21.3 Å². The van der Waals surface area contributed by atoms with Crippen LogP contribution in [0, 0.1) is 11.3 Å². The minimum atomic E-state index is -0.913. The molecule has 0 amide bonds. The van der Waals surface area contributed by atoms with E-state index in [0.717, 1.165) is 0 Å². The molecule has 0 aliphatic rings. The van der Waals surface area contributed by atoms with E-state index in [1.165, 1.54) is 18.4 Å². The second-order valence-corrected chi connectivity index (χ2v) is 3.75. The molecule has 0 saturated carbocycles. The fourth-order valence-electron chi connectivity index (χ4n) is 0.877. The van der Waals surface area contributed by atoms with Crippen LogP contribution in [0.4, 0.5) is 0 Å². The zero-order valence-corrected chi connectivity index (χ0v) is 8.35. The lowest BCUT2D eigenvalue weighted by atomic mass is 10.1. The third kappa shape index (κ3) is 2.00. The maximum absolute atomic E-state index is 11.1. The molecule has 1 rings (SSSR count). The summed E-state index contributed by atoms with van der Waals surface area (Å²) in [5.41, 5.74) is 0.515. The zero-order valence-electron chi connectivity index (χ0n) is 6.78. The Hall–Kier alpha value is -1.05. The van der Waals surface area contributed by atoms with Crippen LogP contribution < -0.4 is 0 Å². The van der Waals surface area contributed by atoms with Crippen LogP contribution in [0.25, 0.3) is 0 Å². The van der Waals surface area contributed by atoms with Crippen molar-refractivity contribution in [1.82, 2.24) is 0 Å². The van der Waals surface area contributed by atoms with Gasteiger partial charge < -0.3 is 4.74 Å². The number of halogens is 1. The third-order valence-corrected chi connectivity index (χ3v) is 2.72. The smallest absolute Gasteiger partial charge is 0.327 e. The lowest BCUT2D eigenvalue weighted by Crippen LogP contribution is -2.11. The van der Waals surface area contributed by atoms with Gasteiger partial charge in [-0.05, 0) is 11.4 Å². The molecule has 0 saturated heterocycles. The fourth-order valence-corrected chi connectivity index (χ4v) is 1.86. The van der Waals surface area contributed by atoms with Crippen molar-refractivity contribution in [2.75, 3.05) is 7.11 Å². The fraction of sp³-hybridized carbons (Fsp3) is 0.250. The molecule has 13 heavy (non-hydrogen) atoms. The second-order valence-electron chi connectivity index (χ2n) is 2.23. The molecule has 0 fully saturated rings. The van der Waals surface area contributed by atoms with E-state index in [4.69, 9.17) is 16.9 Å². The lowest BCUT2D eigenvalue weighted by molar-refractivity contribution is -0.140. The summed E-state index contributed by atoms with van der Waals surface area (Å²) in [6.45, 7) is 0. The van der Waals surface area contributed by atoms with E-state index in [-0.39, 0.29) is 0 Å². The van der Waals surface area contributed by atoms with Crippen molar-refractivity contribution >= 4 is 28.9 Å². The molecule has 0 aliphatic heterocycles. The van der Waals surface area contributed by atoms with E-state index in [0.29, 0.717) is 9.90 Å². The van der Waals surface area contributed by atoms with Crippen molar-refractivity contribution in [3.8, 4) is 6.07 Å². The highest BCUT2D eigenvalue weighted by Crippen LogP contribution is 2.29. The average Bonchev–Trinajstić information content (AvgIpc) is 2.53. The highest BCUT2D eigenvalue weighted by atomic mass is 35.5. The van der Waals surface area contributed by atoms with E-state index >= 15 is 0 Å². The van der Waals surface area contributed by atoms with Gasteiger partial charge in [-0.2, -0.15) is 5.26 Å². The predicted octanol–water partition coefficient (Wildman–Crippen LogP) is 2.18. The Morgan fingerprint density at radius 2 is 2.54 bits per heavy atom. The first kappa shape index (κ1) is 10.0. The minimum Gasteiger partial charge on any atom is -0.468 e. The van der Waals surface area contributed by atoms with Gasteiger partial charge in [-0.1, -0.05) is 11.6 Å². The molecule has 1 heterocycles. The van der Waals surface area contributed by atoms with Gasteiger partial charge in [0.05, 0.1) is 17.5 Å². The van der Waals surface area contributed by atoms with Crippen molar-refractivity contribution in [3.63, 3.8) is 0 Å². The molecule has 0 spiro atoms. The Balaban J connectivity index is 2.99. The SMILES string of the molecule is COC(=O)[C@H](C#N)c1ccsc1Cl. The van der Waals surface area contributed by atoms with Gasteiger partial charge in [-0.15, -0.1) is 11.3 Å². The molecule has 1 aromatic heterocycles. The van der Waals surface area contributed by atoms with Gasteiger partial charge in [-0.3, -0.25) is 4.79 Å². The first-order valence-corrected chi connectivity index (χ1v) is 4.66. The highest BCUT2D eigenvalue weighted by Gasteiger charge is 2.23. The summed E-state index contributed by atoms with van der Waals surface area (Å²) in [5.74, 6) is -1.49. The maximum Gasteiger partial charge on any atom is 0.327 e. The van der Waals surface area contributed by atoms with Crippen LogP contribution in [0.1, 0.15) is 11.5 Å². The normalized spacial score (nSPS) is 11.8. The number of nitriles is 1. The summed E-state index contributed by atoms with van der Waals surface area (Å²) in [7, 11) is 1.24. The van der Waals surface area contributed by atoms with Gasteiger partial charge in [0.1, 0.15) is 0 Å². The van der Waals surface area contributed by atoms with Gasteiger partial charge >= 0.3 is 5.97 Å². The Morgan fingerprint density at radius 1 is 1.85 bits per heavy atom. The number of rotatable bonds is 2. The van der Waals surface area contributed by atoms with E-state index in [9.17, 15) is 4.79 Å². The van der Waals surface area contributed by atoms with Crippen LogP contribution in [0.5, 0.6) is 0 Å². The van der Waals surface area contributed by atoms with Gasteiger partial charge in [0, 0.05) is 5.56 Å². The number of ether oxygens (including phenoxy) is 1. The van der Waals surface area contributed by atoms with Crippen LogP contribution in [0.15, 0.2) is 11.4 Å². The van der Waals surface area contributed by atoms with Crippen molar-refractivity contribution in [2.24, 2.45) is 0 Å². The first-order valence-electron chi connectivity index (χ1n) is 3.41. The van der Waals surface area contributed by atoms with Crippen LogP contribution in [-0.2, 0) is 9.53 Å². The molecule has 68 valence electrons. The van der Waals surface area contributed by atoms with Crippen LogP contribution in [-0.4, -0.2) is 13.1 Å². The first-order chi connectivity index (χ1) is 6.20. The number of nitrogens with zero attached hydrogens (tertiary/aromatic N) is 1. The molecular weight excluding hydrogens is 210 g/mol. The number of hydrogen-bond donors (Lipinski definition) is 0. The van der Waals surface area contributed by atoms with Gasteiger partial charge in [0.25, 0.3) is 0 Å². The number of thiophene rings is 1. The van der Waals surface area contributed by atoms with Gasteiger partial charge in [-0.25, -0.2) is 0 Å². The number of hydrogen-bond acceptors (Lipinski definition) is 4. The Kier molecular flexibility index (Phi) is 3.29. The number of carbonyl (C=O) groups is 1. The van der Waals surface area contributed by atoms with E-state index in [1.807, 2.05) is 6.07 Å². The third-order valence-electron chi connectivity index (χ3n) is 1.52. The number of esters is 1. The number of carbonyl (C=O) groups excluding carboxylic acids is 1. The summed E-state index contributed by atoms with van der Waals surface area (Å²) < 4.78 is 4.92. The summed E-state index contributed by atoms with van der Waals surface area (Å²) in [6.07, 6.45) is 0. The molecular formula is C8H6ClNO2S. The summed E-state index contributed by atoms with van der Waals surface area (Å²) in [6, 6.07) is 3.49. The zero-order chi connectivity index (χ0) is 9.84. The molecule has 5 heteroatoms. The Bertz CT molecular complexity index is 355. The summed E-state index contributed by atoms with van der Waals surface area (Å²) in [5, 5.41) is 10.4. The standard InChI is InChI=1S/C8H6ClNO2S/c1-12-8(11)6(4-10)5-2-3-13-7(5)9/h2-3,6H,1H3/t6-/m1/s1. The highest BCUT2D eigenvalue weighted by molar-refractivity contribution is 7.14. The predicted molar refractivity (Wildman–Crippen MR) is 49.7 cm³/mol. The maximum atomic E-state index is 11.1. The molecule has 1 atom stereocenters. The van der Waals surface area contributed by atoms with Crippen molar-refractivity contribution < 1.29 is 9.53 Å². The largest absolute Gasteiger partial charge is 0.468 e. The molecule has 0 N–H and O–H groups in total. The molecule has 1 aromatic rings. The van der Waals surface area contributed by atoms with Crippen molar-refractivity contribution in [2.45, 2.75) is 5.92 Å². The van der Waals surface area contributed by atoms with Crippen molar-refractivity contribution in [1.29, 1.82) is 5.26 Å². The van der Waals surface area contributed by atoms with Gasteiger partial charge in [0.2, 0.25) is 0 Å². The van der Waals surface area contributed by atoms with Crippen LogP contribution in [0.2, 0.25) is 4.34 Å². The minimum absolute atomic E-state index is 0.456. The lowest BCUT2D eigenvalue weighted by Gasteiger charge is -2.04. The molecule has 0 radical (unpaired) electrons. The van der Waals surface area contributed by atoms with E-state index in [2.05, 4.69) is 4.74 Å². The molecule has 3 nitrogen and oxygen atoms in total. The second kappa shape index (κ2) is 4.26. The summed E-state index contributed by atoms with van der Waals surface area (Å²) >= 11 is 7.06. The number of methoxy groups -OCH3 is 1. The van der Waals surface area contributed by atoms with Crippen LogP contribution in [0.3, 0.4) is 0 Å². The summed E-state index contributed by atoms with van der Waals surface area (Å²) in [4.78, 5) is 11.1. The molecule has 0 unspecified atom stereocenters. The molecule has 0 aliphatic carbocycles. The average molecular weight is 216 g/mol. The monoisotopic (exact) mass is 215 g/mol. The quantitative estimate of drug-likeness (QED) is 0.711. The van der Waals surface area contributed by atoms with E-state index < -0.39 is 11.9 Å². The van der Waals surface area contributed by atoms with Gasteiger partial charge in [0.15, 0.2) is 5.92 Å². The molecule has 0 bridgehead atoms. The van der Waals surface area contributed by atoms with Crippen LogP contribution >= 0.6 is 22.9 Å². The molecule has 0 aromatic carbocycles. The van der Waals surface area contributed by atoms with E-state index in [1.54, 1.807) is 11.4 Å². The topological polar surface area (TPSA) is 50.1 Å². The Labute approximate surface area is 84.5 Å². The Morgan fingerprint density at radius 3 is 2.92 bits per heavy atom.